The minimum Gasteiger partial charge on any atom is -0.496 e. The van der Waals surface area contributed by atoms with Crippen LogP contribution >= 0.6 is 17.2 Å². The van der Waals surface area contributed by atoms with Gasteiger partial charge in [0.1, 0.15) is 11.5 Å². The van der Waals surface area contributed by atoms with Crippen molar-refractivity contribution < 1.29 is 9.47 Å². The summed E-state index contributed by atoms with van der Waals surface area (Å²) in [5, 5.41) is 2.60. The molecule has 0 heterocycles. The van der Waals surface area contributed by atoms with Crippen LogP contribution in [0.25, 0.3) is 0 Å². The minimum atomic E-state index is 0.765. The van der Waals surface area contributed by atoms with Crippen molar-refractivity contribution in [1.82, 2.24) is 0 Å². The van der Waals surface area contributed by atoms with Gasteiger partial charge in [-0.25, -0.2) is 0 Å². The van der Waals surface area contributed by atoms with Crippen LogP contribution in [0, 0.1) is 0 Å². The Kier molecular flexibility index (Phi) is 5.63. The monoisotopic (exact) mass is 292 g/mol. The van der Waals surface area contributed by atoms with Crippen LogP contribution in [0.2, 0.25) is 0 Å². The fourth-order valence-corrected chi connectivity index (χ4v) is 4.84. The molecule has 0 saturated heterocycles. The Morgan fingerprint density at radius 1 is 0.737 bits per heavy atom. The highest BCUT2D eigenvalue weighted by molar-refractivity contribution is 7.64. The molecular weight excluding hydrogens is 274 g/mol. The van der Waals surface area contributed by atoms with E-state index in [-0.39, 0.29) is 0 Å². The third-order valence-electron chi connectivity index (χ3n) is 2.77. The highest BCUT2D eigenvalue weighted by Gasteiger charge is 2.04. The first-order valence-corrected chi connectivity index (χ1v) is 8.50. The van der Waals surface area contributed by atoms with Crippen molar-refractivity contribution in [3.05, 3.63) is 48.5 Å². The first-order chi connectivity index (χ1) is 9.35. The number of hydrogen-bond donors (Lipinski definition) is 0. The van der Waals surface area contributed by atoms with Gasteiger partial charge in [-0.05, 0) is 18.0 Å². The summed E-state index contributed by atoms with van der Waals surface area (Å²) in [7, 11) is 4.99. The van der Waals surface area contributed by atoms with E-state index in [4.69, 9.17) is 9.47 Å². The molecule has 4 heteroatoms. The molecule has 2 rings (SSSR count). The summed E-state index contributed by atoms with van der Waals surface area (Å²) in [5.74, 6) is 3.12. The molecule has 19 heavy (non-hydrogen) atoms. The fourth-order valence-electron chi connectivity index (χ4n) is 1.82. The van der Waals surface area contributed by atoms with Crippen molar-refractivity contribution in [2.45, 2.75) is 0 Å². The summed E-state index contributed by atoms with van der Waals surface area (Å²) in [5.41, 5.74) is 0. The number of methoxy groups -OCH3 is 2. The van der Waals surface area contributed by atoms with Gasteiger partial charge in [0.25, 0.3) is 0 Å². The standard InChI is InChI=1S/C15H18O2P2/c1-16-12-7-3-5-9-14(12)18-11-19-15-10-6-4-8-13(15)17-2/h3-10,18-19H,11H2,1-2H3. The Bertz CT molecular complexity index is 482. The molecule has 0 aliphatic carbocycles. The van der Waals surface area contributed by atoms with Gasteiger partial charge in [0.2, 0.25) is 0 Å². The predicted octanol–water partition coefficient (Wildman–Crippen LogP) is 2.97. The van der Waals surface area contributed by atoms with E-state index in [0.717, 1.165) is 34.6 Å². The van der Waals surface area contributed by atoms with Crippen molar-refractivity contribution >= 4 is 27.8 Å². The SMILES string of the molecule is COc1ccccc1PCPc1ccccc1OC. The summed E-state index contributed by atoms with van der Waals surface area (Å²) in [4.78, 5) is 0. The van der Waals surface area contributed by atoms with Crippen LogP contribution in [0.15, 0.2) is 48.5 Å². The van der Waals surface area contributed by atoms with Gasteiger partial charge >= 0.3 is 0 Å². The number of rotatable bonds is 6. The van der Waals surface area contributed by atoms with Gasteiger partial charge in [0.15, 0.2) is 0 Å². The molecule has 2 aromatic carbocycles. The molecule has 0 spiro atoms. The molecule has 0 aliphatic heterocycles. The number of hydrogen-bond acceptors (Lipinski definition) is 2. The van der Waals surface area contributed by atoms with Gasteiger partial charge < -0.3 is 9.47 Å². The van der Waals surface area contributed by atoms with Crippen molar-refractivity contribution in [3.63, 3.8) is 0 Å². The molecule has 2 nitrogen and oxygen atoms in total. The number of para-hydroxylation sites is 2. The van der Waals surface area contributed by atoms with E-state index < -0.39 is 0 Å². The van der Waals surface area contributed by atoms with Crippen LogP contribution in [-0.4, -0.2) is 20.1 Å². The second kappa shape index (κ2) is 7.48. The van der Waals surface area contributed by atoms with Gasteiger partial charge in [-0.3, -0.25) is 0 Å². The van der Waals surface area contributed by atoms with E-state index in [9.17, 15) is 0 Å². The van der Waals surface area contributed by atoms with Gasteiger partial charge in [-0.15, -0.1) is 0 Å². The molecule has 2 aromatic rings. The normalized spacial score (nSPS) is 11.5. The third kappa shape index (κ3) is 3.93. The maximum absolute atomic E-state index is 5.38. The van der Waals surface area contributed by atoms with Crippen molar-refractivity contribution in [3.8, 4) is 11.5 Å². The Balaban J connectivity index is 1.96. The maximum atomic E-state index is 5.38. The second-order valence-corrected chi connectivity index (χ2v) is 7.13. The quantitative estimate of drug-likeness (QED) is 0.762. The van der Waals surface area contributed by atoms with Crippen molar-refractivity contribution in [1.29, 1.82) is 0 Å². The largest absolute Gasteiger partial charge is 0.496 e. The molecule has 0 saturated carbocycles. The lowest BCUT2D eigenvalue weighted by Gasteiger charge is -2.10. The molecule has 0 radical (unpaired) electrons. The van der Waals surface area contributed by atoms with E-state index in [1.807, 2.05) is 24.3 Å². The van der Waals surface area contributed by atoms with Crippen LogP contribution in [0.1, 0.15) is 0 Å². The molecule has 100 valence electrons. The summed E-state index contributed by atoms with van der Waals surface area (Å²) < 4.78 is 10.8. The molecule has 0 amide bonds. The Morgan fingerprint density at radius 3 is 1.58 bits per heavy atom. The average Bonchev–Trinajstić information content (AvgIpc) is 2.48. The van der Waals surface area contributed by atoms with Crippen LogP contribution in [0.3, 0.4) is 0 Å². The highest BCUT2D eigenvalue weighted by Crippen LogP contribution is 2.29. The van der Waals surface area contributed by atoms with Gasteiger partial charge in [0, 0.05) is 10.6 Å². The van der Waals surface area contributed by atoms with Crippen molar-refractivity contribution in [2.75, 3.05) is 20.1 Å². The van der Waals surface area contributed by atoms with Crippen LogP contribution < -0.4 is 20.1 Å². The maximum Gasteiger partial charge on any atom is 0.126 e. The average molecular weight is 292 g/mol. The summed E-state index contributed by atoms with van der Waals surface area (Å²) in [6.07, 6.45) is 0. The second-order valence-electron chi connectivity index (χ2n) is 3.93. The van der Waals surface area contributed by atoms with Crippen LogP contribution in [0.5, 0.6) is 11.5 Å². The molecule has 0 bridgehead atoms. The zero-order chi connectivity index (χ0) is 13.5. The van der Waals surface area contributed by atoms with E-state index in [2.05, 4.69) is 24.3 Å². The van der Waals surface area contributed by atoms with Gasteiger partial charge in [-0.2, -0.15) is 0 Å². The first-order valence-electron chi connectivity index (χ1n) is 6.09. The Labute approximate surface area is 118 Å². The molecule has 2 unspecified atom stereocenters. The fraction of sp³-hybridized carbons (Fsp3) is 0.200. The molecule has 0 aromatic heterocycles. The minimum absolute atomic E-state index is 0.765. The predicted molar refractivity (Wildman–Crippen MR) is 86.8 cm³/mol. The lowest BCUT2D eigenvalue weighted by atomic mass is 10.3. The first kappa shape index (κ1) is 14.3. The smallest absolute Gasteiger partial charge is 0.126 e. The number of benzene rings is 2. The molecule has 0 aliphatic rings. The van der Waals surface area contributed by atoms with E-state index in [1.54, 1.807) is 14.2 Å². The number of ether oxygens (including phenoxy) is 2. The van der Waals surface area contributed by atoms with Gasteiger partial charge in [0.05, 0.1) is 14.2 Å². The Hall–Kier alpha value is -1.10. The Morgan fingerprint density at radius 2 is 1.16 bits per heavy atom. The van der Waals surface area contributed by atoms with Crippen molar-refractivity contribution in [2.24, 2.45) is 0 Å². The van der Waals surface area contributed by atoms with Gasteiger partial charge in [-0.1, -0.05) is 53.6 Å². The van der Waals surface area contributed by atoms with Crippen LogP contribution in [-0.2, 0) is 0 Å². The van der Waals surface area contributed by atoms with E-state index >= 15 is 0 Å². The van der Waals surface area contributed by atoms with Crippen LogP contribution in [0.4, 0.5) is 0 Å². The molecule has 0 fully saturated rings. The zero-order valence-corrected chi connectivity index (χ0v) is 13.1. The summed E-state index contributed by atoms with van der Waals surface area (Å²) in [6, 6.07) is 16.5. The topological polar surface area (TPSA) is 18.5 Å². The van der Waals surface area contributed by atoms with E-state index in [1.165, 1.54) is 10.6 Å². The van der Waals surface area contributed by atoms with E-state index in [0.29, 0.717) is 0 Å². The zero-order valence-electron chi connectivity index (χ0n) is 11.1. The third-order valence-corrected chi connectivity index (χ3v) is 5.77. The summed E-state index contributed by atoms with van der Waals surface area (Å²) in [6.45, 7) is 0. The lowest BCUT2D eigenvalue weighted by molar-refractivity contribution is 0.418. The highest BCUT2D eigenvalue weighted by atomic mass is 31.1. The molecule has 2 atom stereocenters. The molecular formula is C15H18O2P2. The summed E-state index contributed by atoms with van der Waals surface area (Å²) >= 11 is 0. The lowest BCUT2D eigenvalue weighted by Crippen LogP contribution is -2.03. The molecule has 0 N–H and O–H groups in total.